The Hall–Kier alpha value is -1.59. The second-order valence-electron chi connectivity index (χ2n) is 4.97. The first-order valence-corrected chi connectivity index (χ1v) is 6.24. The molecule has 0 spiro atoms. The van der Waals surface area contributed by atoms with Crippen LogP contribution in [-0.2, 0) is 14.4 Å². The molecule has 0 saturated carbocycles. The lowest BCUT2D eigenvalue weighted by molar-refractivity contribution is -0.130. The highest BCUT2D eigenvalue weighted by Crippen LogP contribution is 2.06. The van der Waals surface area contributed by atoms with Crippen LogP contribution in [0.1, 0.15) is 33.6 Å². The van der Waals surface area contributed by atoms with E-state index in [9.17, 15) is 14.4 Å². The molecule has 1 heterocycles. The van der Waals surface area contributed by atoms with Crippen LogP contribution in [0.15, 0.2) is 0 Å². The number of piperidine rings is 1. The third kappa shape index (κ3) is 4.35. The van der Waals surface area contributed by atoms with Crippen LogP contribution < -0.4 is 16.0 Å². The molecule has 102 valence electrons. The lowest BCUT2D eigenvalue weighted by Crippen LogP contribution is -2.55. The van der Waals surface area contributed by atoms with Crippen molar-refractivity contribution >= 4 is 17.7 Å². The fourth-order valence-corrected chi connectivity index (χ4v) is 1.90. The van der Waals surface area contributed by atoms with Gasteiger partial charge in [0.15, 0.2) is 0 Å². The van der Waals surface area contributed by atoms with Gasteiger partial charge in [-0.2, -0.15) is 0 Å². The first-order valence-electron chi connectivity index (χ1n) is 6.24. The van der Waals surface area contributed by atoms with Gasteiger partial charge in [0.05, 0.1) is 0 Å². The maximum Gasteiger partial charge on any atom is 0.243 e. The van der Waals surface area contributed by atoms with Crippen molar-refractivity contribution in [3.05, 3.63) is 0 Å². The van der Waals surface area contributed by atoms with E-state index >= 15 is 0 Å². The van der Waals surface area contributed by atoms with E-state index in [-0.39, 0.29) is 29.7 Å². The summed E-state index contributed by atoms with van der Waals surface area (Å²) in [4.78, 5) is 34.1. The van der Waals surface area contributed by atoms with Crippen LogP contribution in [0.4, 0.5) is 0 Å². The summed E-state index contributed by atoms with van der Waals surface area (Å²) in [6.07, 6.45) is 1.07. The second kappa shape index (κ2) is 6.37. The van der Waals surface area contributed by atoms with Crippen molar-refractivity contribution in [3.8, 4) is 0 Å². The summed E-state index contributed by atoms with van der Waals surface area (Å²) in [5, 5.41) is 8.20. The van der Waals surface area contributed by atoms with Crippen molar-refractivity contribution in [2.45, 2.75) is 45.7 Å². The lowest BCUT2D eigenvalue weighted by Gasteiger charge is -2.27. The Kier molecular flexibility index (Phi) is 5.12. The molecule has 18 heavy (non-hydrogen) atoms. The average molecular weight is 255 g/mol. The van der Waals surface area contributed by atoms with Crippen LogP contribution in [0, 0.1) is 5.92 Å². The van der Waals surface area contributed by atoms with Crippen molar-refractivity contribution in [3.63, 3.8) is 0 Å². The van der Waals surface area contributed by atoms with Gasteiger partial charge in [-0.25, -0.2) is 0 Å². The Balaban J connectivity index is 2.50. The van der Waals surface area contributed by atoms with E-state index in [0.29, 0.717) is 19.4 Å². The first-order chi connectivity index (χ1) is 8.40. The van der Waals surface area contributed by atoms with Crippen LogP contribution in [0.2, 0.25) is 0 Å². The molecule has 3 N–H and O–H groups in total. The van der Waals surface area contributed by atoms with Gasteiger partial charge in [-0.3, -0.25) is 14.4 Å². The highest BCUT2D eigenvalue weighted by Gasteiger charge is 2.26. The zero-order chi connectivity index (χ0) is 13.7. The van der Waals surface area contributed by atoms with Gasteiger partial charge in [-0.05, 0) is 12.3 Å². The van der Waals surface area contributed by atoms with E-state index in [1.54, 1.807) is 0 Å². The lowest BCUT2D eigenvalue weighted by atomic mass is 10.0. The molecule has 6 nitrogen and oxygen atoms in total. The minimum Gasteiger partial charge on any atom is -0.354 e. The molecule has 1 aliphatic heterocycles. The monoisotopic (exact) mass is 255 g/mol. The van der Waals surface area contributed by atoms with Gasteiger partial charge >= 0.3 is 0 Å². The Labute approximate surface area is 107 Å². The van der Waals surface area contributed by atoms with Crippen LogP contribution in [-0.4, -0.2) is 36.3 Å². The fourth-order valence-electron chi connectivity index (χ4n) is 1.90. The van der Waals surface area contributed by atoms with Crippen LogP contribution in [0.25, 0.3) is 0 Å². The van der Waals surface area contributed by atoms with E-state index in [4.69, 9.17) is 0 Å². The van der Waals surface area contributed by atoms with Gasteiger partial charge < -0.3 is 16.0 Å². The molecule has 0 aromatic carbocycles. The second-order valence-corrected chi connectivity index (χ2v) is 4.97. The molecule has 0 aromatic rings. The summed E-state index contributed by atoms with van der Waals surface area (Å²) in [5.74, 6) is -0.378. The van der Waals surface area contributed by atoms with Gasteiger partial charge in [-0.1, -0.05) is 13.8 Å². The molecule has 1 rings (SSSR count). The molecule has 0 aromatic heterocycles. The minimum absolute atomic E-state index is 0.0165. The smallest absolute Gasteiger partial charge is 0.243 e. The predicted molar refractivity (Wildman–Crippen MR) is 66.6 cm³/mol. The van der Waals surface area contributed by atoms with Crippen LogP contribution in [0.5, 0.6) is 0 Å². The van der Waals surface area contributed by atoms with Crippen molar-refractivity contribution in [2.24, 2.45) is 5.92 Å². The molecule has 0 aliphatic carbocycles. The number of hydrogen-bond acceptors (Lipinski definition) is 3. The topological polar surface area (TPSA) is 87.3 Å². The highest BCUT2D eigenvalue weighted by atomic mass is 16.2. The molecule has 0 bridgehead atoms. The Bertz CT molecular complexity index is 331. The number of amides is 3. The van der Waals surface area contributed by atoms with E-state index in [1.165, 1.54) is 6.92 Å². The average Bonchev–Trinajstić information content (AvgIpc) is 2.28. The van der Waals surface area contributed by atoms with Gasteiger partial charge in [0, 0.05) is 25.9 Å². The molecule has 0 radical (unpaired) electrons. The molecule has 1 saturated heterocycles. The first kappa shape index (κ1) is 14.5. The van der Waals surface area contributed by atoms with Crippen molar-refractivity contribution < 1.29 is 14.4 Å². The third-order valence-electron chi connectivity index (χ3n) is 2.92. The van der Waals surface area contributed by atoms with E-state index in [2.05, 4.69) is 16.0 Å². The number of carbonyl (C=O) groups excluding carboxylic acids is 3. The largest absolute Gasteiger partial charge is 0.354 e. The predicted octanol–water partition coefficient (Wildman–Crippen LogP) is -0.458. The third-order valence-corrected chi connectivity index (χ3v) is 2.92. The summed E-state index contributed by atoms with van der Waals surface area (Å²) < 4.78 is 0. The van der Waals surface area contributed by atoms with Gasteiger partial charge in [0.1, 0.15) is 6.04 Å². The fraction of sp³-hybridized carbons (Fsp3) is 0.750. The standard InChI is InChI=1S/C12H21N3O3/c1-7(2)11(14-8(3)16)12(18)15-9-4-5-10(17)13-6-9/h7,9,11H,4-6H2,1-3H3,(H,13,17)(H,14,16)(H,15,18). The van der Waals surface area contributed by atoms with E-state index < -0.39 is 6.04 Å². The summed E-state index contributed by atoms with van der Waals surface area (Å²) in [6, 6.07) is -0.578. The van der Waals surface area contributed by atoms with Crippen molar-refractivity contribution in [1.82, 2.24) is 16.0 Å². The van der Waals surface area contributed by atoms with Crippen LogP contribution in [0.3, 0.4) is 0 Å². The molecule has 1 fully saturated rings. The summed E-state index contributed by atoms with van der Waals surface area (Å²) in [5.41, 5.74) is 0. The Morgan fingerprint density at radius 1 is 1.39 bits per heavy atom. The molecular formula is C12H21N3O3. The summed E-state index contributed by atoms with van der Waals surface area (Å²) in [6.45, 7) is 5.60. The molecule has 2 unspecified atom stereocenters. The minimum atomic E-state index is -0.528. The van der Waals surface area contributed by atoms with Crippen molar-refractivity contribution in [2.75, 3.05) is 6.54 Å². The zero-order valence-electron chi connectivity index (χ0n) is 11.1. The Morgan fingerprint density at radius 2 is 2.06 bits per heavy atom. The normalized spacial score (nSPS) is 21.1. The highest BCUT2D eigenvalue weighted by molar-refractivity contribution is 5.87. The summed E-state index contributed by atoms with van der Waals surface area (Å²) in [7, 11) is 0. The zero-order valence-corrected chi connectivity index (χ0v) is 11.1. The Morgan fingerprint density at radius 3 is 2.50 bits per heavy atom. The SMILES string of the molecule is CC(=O)NC(C(=O)NC1CCC(=O)NC1)C(C)C. The maximum absolute atomic E-state index is 12.0. The van der Waals surface area contributed by atoms with Crippen LogP contribution >= 0.6 is 0 Å². The number of nitrogens with one attached hydrogen (secondary N) is 3. The molecule has 2 atom stereocenters. The van der Waals surface area contributed by atoms with Gasteiger partial charge in [-0.15, -0.1) is 0 Å². The van der Waals surface area contributed by atoms with Gasteiger partial charge in [0.25, 0.3) is 0 Å². The number of hydrogen-bond donors (Lipinski definition) is 3. The number of carbonyl (C=O) groups is 3. The molecule has 3 amide bonds. The van der Waals surface area contributed by atoms with Crippen molar-refractivity contribution in [1.29, 1.82) is 0 Å². The molecule has 1 aliphatic rings. The number of rotatable bonds is 4. The molecular weight excluding hydrogens is 234 g/mol. The summed E-state index contributed by atoms with van der Waals surface area (Å²) >= 11 is 0. The van der Waals surface area contributed by atoms with Gasteiger partial charge in [0.2, 0.25) is 17.7 Å². The molecule has 6 heteroatoms. The van der Waals surface area contributed by atoms with E-state index in [1.807, 2.05) is 13.8 Å². The van der Waals surface area contributed by atoms with E-state index in [0.717, 1.165) is 0 Å². The maximum atomic E-state index is 12.0. The quantitative estimate of drug-likeness (QED) is 0.635.